The zero-order valence-corrected chi connectivity index (χ0v) is 17.8. The fourth-order valence-corrected chi connectivity index (χ4v) is 3.91. The van der Waals surface area contributed by atoms with E-state index in [0.717, 1.165) is 22.4 Å². The lowest BCUT2D eigenvalue weighted by atomic mass is 10.00. The van der Waals surface area contributed by atoms with E-state index in [1.54, 1.807) is 4.90 Å². The van der Waals surface area contributed by atoms with Crippen LogP contribution in [-0.2, 0) is 11.3 Å². The maximum absolute atomic E-state index is 13.1. The molecule has 5 nitrogen and oxygen atoms in total. The maximum Gasteiger partial charge on any atom is 0.255 e. The number of fused-ring (bicyclic) bond motifs is 1. The Balaban J connectivity index is 1.54. The first-order valence-electron chi connectivity index (χ1n) is 10.5. The van der Waals surface area contributed by atoms with Crippen LogP contribution in [0.4, 0.5) is 5.69 Å². The van der Waals surface area contributed by atoms with Crippen molar-refractivity contribution in [1.29, 1.82) is 0 Å². The molecule has 3 aromatic carbocycles. The van der Waals surface area contributed by atoms with Crippen LogP contribution in [0.2, 0.25) is 0 Å². The summed E-state index contributed by atoms with van der Waals surface area (Å²) >= 11 is 0. The molecule has 0 fully saturated rings. The predicted octanol–water partition coefficient (Wildman–Crippen LogP) is 5.12. The van der Waals surface area contributed by atoms with Gasteiger partial charge in [-0.3, -0.25) is 9.59 Å². The standard InChI is InChI=1S/C26H26N2O3/c1-3-31-22-14-12-21(13-15-22)27-25(29)16-24(19-10-8-18(2)9-11-19)28-17-20-6-4-5-7-23(20)26(28)30/h4-15,24H,3,16-17H2,1-2H3,(H,27,29)/t24-/m0/s1. The molecule has 31 heavy (non-hydrogen) atoms. The third-order valence-corrected chi connectivity index (χ3v) is 5.52. The molecule has 5 heteroatoms. The molecule has 0 radical (unpaired) electrons. The zero-order valence-electron chi connectivity index (χ0n) is 17.8. The highest BCUT2D eigenvalue weighted by atomic mass is 16.5. The van der Waals surface area contributed by atoms with Crippen LogP contribution < -0.4 is 10.1 Å². The number of amides is 2. The van der Waals surface area contributed by atoms with Crippen molar-refractivity contribution >= 4 is 17.5 Å². The molecule has 0 aliphatic carbocycles. The fourth-order valence-electron chi connectivity index (χ4n) is 3.91. The van der Waals surface area contributed by atoms with Crippen molar-refractivity contribution in [3.63, 3.8) is 0 Å². The summed E-state index contributed by atoms with van der Waals surface area (Å²) in [5.41, 5.74) is 4.50. The minimum absolute atomic E-state index is 0.0324. The molecule has 0 saturated carbocycles. The quantitative estimate of drug-likeness (QED) is 0.584. The number of nitrogens with one attached hydrogen (secondary N) is 1. The van der Waals surface area contributed by atoms with Gasteiger partial charge >= 0.3 is 0 Å². The molecule has 0 bridgehead atoms. The van der Waals surface area contributed by atoms with Crippen molar-refractivity contribution in [2.75, 3.05) is 11.9 Å². The van der Waals surface area contributed by atoms with Gasteiger partial charge in [-0.2, -0.15) is 0 Å². The minimum atomic E-state index is -0.344. The molecule has 0 unspecified atom stereocenters. The molecule has 0 spiro atoms. The van der Waals surface area contributed by atoms with Crippen molar-refractivity contribution in [1.82, 2.24) is 4.90 Å². The molecule has 1 atom stereocenters. The number of carbonyl (C=O) groups is 2. The molecule has 158 valence electrons. The number of rotatable bonds is 7. The summed E-state index contributed by atoms with van der Waals surface area (Å²) in [5, 5.41) is 2.95. The lowest BCUT2D eigenvalue weighted by molar-refractivity contribution is -0.117. The molecule has 0 aromatic heterocycles. The van der Waals surface area contributed by atoms with Crippen molar-refractivity contribution in [2.24, 2.45) is 0 Å². The second-order valence-corrected chi connectivity index (χ2v) is 7.73. The van der Waals surface area contributed by atoms with Gasteiger partial charge in [-0.05, 0) is 55.3 Å². The van der Waals surface area contributed by atoms with Gasteiger partial charge in [-0.25, -0.2) is 0 Å². The molecule has 4 rings (SSSR count). The second kappa shape index (κ2) is 9.04. The lowest BCUT2D eigenvalue weighted by Gasteiger charge is -2.28. The summed E-state index contributed by atoms with van der Waals surface area (Å²) in [6, 6.07) is 22.6. The Morgan fingerprint density at radius 3 is 2.42 bits per heavy atom. The molecular weight excluding hydrogens is 388 g/mol. The van der Waals surface area contributed by atoms with Crippen molar-refractivity contribution < 1.29 is 14.3 Å². The van der Waals surface area contributed by atoms with Gasteiger partial charge in [0.2, 0.25) is 5.91 Å². The van der Waals surface area contributed by atoms with E-state index < -0.39 is 0 Å². The number of hydrogen-bond donors (Lipinski definition) is 1. The highest BCUT2D eigenvalue weighted by molar-refractivity contribution is 5.99. The first kappa shape index (κ1) is 20.7. The highest BCUT2D eigenvalue weighted by Crippen LogP contribution is 2.34. The second-order valence-electron chi connectivity index (χ2n) is 7.73. The van der Waals surface area contributed by atoms with E-state index in [2.05, 4.69) is 5.32 Å². The van der Waals surface area contributed by atoms with Crippen molar-refractivity contribution in [2.45, 2.75) is 32.9 Å². The van der Waals surface area contributed by atoms with Gasteiger partial charge in [0.15, 0.2) is 0 Å². The van der Waals surface area contributed by atoms with Gasteiger partial charge in [0.25, 0.3) is 5.91 Å². The monoisotopic (exact) mass is 414 g/mol. The Bertz CT molecular complexity index is 1070. The number of carbonyl (C=O) groups excluding carboxylic acids is 2. The molecule has 2 amide bonds. The molecule has 1 aliphatic heterocycles. The van der Waals surface area contributed by atoms with Crippen LogP contribution in [0.5, 0.6) is 5.75 Å². The Morgan fingerprint density at radius 2 is 1.74 bits per heavy atom. The van der Waals surface area contributed by atoms with Crippen LogP contribution in [0.1, 0.15) is 46.4 Å². The number of nitrogens with zero attached hydrogens (tertiary/aromatic N) is 1. The maximum atomic E-state index is 13.1. The Kier molecular flexibility index (Phi) is 6.03. The van der Waals surface area contributed by atoms with Gasteiger partial charge in [0.05, 0.1) is 19.1 Å². The normalized spacial score (nSPS) is 13.6. The Morgan fingerprint density at radius 1 is 1.03 bits per heavy atom. The van der Waals surface area contributed by atoms with Gasteiger partial charge in [0, 0.05) is 17.8 Å². The van der Waals surface area contributed by atoms with E-state index in [-0.39, 0.29) is 24.3 Å². The smallest absolute Gasteiger partial charge is 0.255 e. The van der Waals surface area contributed by atoms with Gasteiger partial charge < -0.3 is 15.0 Å². The number of anilines is 1. The fraction of sp³-hybridized carbons (Fsp3) is 0.231. The average Bonchev–Trinajstić information content (AvgIpc) is 3.11. The van der Waals surface area contributed by atoms with E-state index in [4.69, 9.17) is 4.74 Å². The van der Waals surface area contributed by atoms with Crippen LogP contribution in [-0.4, -0.2) is 23.3 Å². The van der Waals surface area contributed by atoms with E-state index in [1.165, 1.54) is 0 Å². The first-order valence-corrected chi connectivity index (χ1v) is 10.5. The van der Waals surface area contributed by atoms with Crippen LogP contribution >= 0.6 is 0 Å². The van der Waals surface area contributed by atoms with E-state index in [0.29, 0.717) is 24.4 Å². The highest BCUT2D eigenvalue weighted by Gasteiger charge is 2.34. The number of hydrogen-bond acceptors (Lipinski definition) is 3. The van der Waals surface area contributed by atoms with E-state index in [9.17, 15) is 9.59 Å². The topological polar surface area (TPSA) is 58.6 Å². The summed E-state index contributed by atoms with van der Waals surface area (Å²) in [7, 11) is 0. The molecular formula is C26H26N2O3. The average molecular weight is 415 g/mol. The number of ether oxygens (including phenoxy) is 1. The Labute approximate surface area is 182 Å². The predicted molar refractivity (Wildman–Crippen MR) is 121 cm³/mol. The molecule has 1 N–H and O–H groups in total. The summed E-state index contributed by atoms with van der Waals surface area (Å²) in [5.74, 6) is 0.590. The Hall–Kier alpha value is -3.60. The van der Waals surface area contributed by atoms with Crippen molar-refractivity contribution in [3.8, 4) is 5.75 Å². The summed E-state index contributed by atoms with van der Waals surface area (Å²) in [6.07, 6.45) is 0.177. The molecule has 1 heterocycles. The van der Waals surface area contributed by atoms with E-state index >= 15 is 0 Å². The van der Waals surface area contributed by atoms with Crippen LogP contribution in [0, 0.1) is 6.92 Å². The number of benzene rings is 3. The number of aryl methyl sites for hydroxylation is 1. The SMILES string of the molecule is CCOc1ccc(NC(=O)C[C@@H](c2ccc(C)cc2)N2Cc3ccccc3C2=O)cc1. The van der Waals surface area contributed by atoms with Crippen LogP contribution in [0.3, 0.4) is 0 Å². The first-order chi connectivity index (χ1) is 15.0. The van der Waals surface area contributed by atoms with Crippen molar-refractivity contribution in [3.05, 3.63) is 95.1 Å². The van der Waals surface area contributed by atoms with Crippen LogP contribution in [0.15, 0.2) is 72.8 Å². The van der Waals surface area contributed by atoms with Gasteiger partial charge in [0.1, 0.15) is 5.75 Å². The summed E-state index contributed by atoms with van der Waals surface area (Å²) in [4.78, 5) is 27.8. The summed E-state index contributed by atoms with van der Waals surface area (Å²) in [6.45, 7) is 5.05. The summed E-state index contributed by atoms with van der Waals surface area (Å²) < 4.78 is 5.45. The molecule has 3 aromatic rings. The molecule has 0 saturated heterocycles. The lowest BCUT2D eigenvalue weighted by Crippen LogP contribution is -2.32. The third-order valence-electron chi connectivity index (χ3n) is 5.52. The van der Waals surface area contributed by atoms with Gasteiger partial charge in [-0.1, -0.05) is 48.0 Å². The minimum Gasteiger partial charge on any atom is -0.494 e. The zero-order chi connectivity index (χ0) is 21.8. The largest absolute Gasteiger partial charge is 0.494 e. The van der Waals surface area contributed by atoms with Gasteiger partial charge in [-0.15, -0.1) is 0 Å². The van der Waals surface area contributed by atoms with E-state index in [1.807, 2.05) is 86.6 Å². The van der Waals surface area contributed by atoms with Crippen LogP contribution in [0.25, 0.3) is 0 Å². The third kappa shape index (κ3) is 4.61. The molecule has 1 aliphatic rings.